The highest BCUT2D eigenvalue weighted by atomic mass is 32.2. The number of hydrogen-bond donors (Lipinski definition) is 1. The van der Waals surface area contributed by atoms with Crippen LogP contribution < -0.4 is 5.32 Å². The molecule has 0 saturated carbocycles. The maximum atomic E-state index is 13.1. The van der Waals surface area contributed by atoms with Crippen molar-refractivity contribution < 1.29 is 4.79 Å². The summed E-state index contributed by atoms with van der Waals surface area (Å²) in [6.45, 7) is 6.65. The highest BCUT2D eigenvalue weighted by Crippen LogP contribution is 2.23. The second kappa shape index (κ2) is 9.71. The van der Waals surface area contributed by atoms with Gasteiger partial charge in [0.2, 0.25) is 5.16 Å². The molecule has 5 aromatic rings. The normalized spacial score (nSPS) is 11.2. The van der Waals surface area contributed by atoms with E-state index < -0.39 is 0 Å². The lowest BCUT2D eigenvalue weighted by molar-refractivity contribution is 0.102. The summed E-state index contributed by atoms with van der Waals surface area (Å²) in [6.07, 6.45) is 3.75. The molecule has 0 aliphatic carbocycles. The Kier molecular flexibility index (Phi) is 6.33. The van der Waals surface area contributed by atoms with Gasteiger partial charge in [-0.25, -0.2) is 14.5 Å². The largest absolute Gasteiger partial charge is 0.331 e. The van der Waals surface area contributed by atoms with Crippen LogP contribution in [0.1, 0.15) is 38.7 Å². The minimum Gasteiger partial charge on any atom is -0.331 e. The molecule has 0 radical (unpaired) electrons. The number of rotatable bonds is 7. The highest BCUT2D eigenvalue weighted by Gasteiger charge is 2.14. The summed E-state index contributed by atoms with van der Waals surface area (Å²) < 4.78 is 3.82. The molecule has 0 unspecified atom stereocenters. The minimum atomic E-state index is -0.143. The molecule has 1 amide bonds. The lowest BCUT2D eigenvalue weighted by Crippen LogP contribution is -2.14. The van der Waals surface area contributed by atoms with Crippen molar-refractivity contribution in [1.29, 1.82) is 0 Å². The Hall–Kier alpha value is -3.98. The summed E-state index contributed by atoms with van der Waals surface area (Å²) >= 11 is 1.49. The molecule has 9 heteroatoms. The van der Waals surface area contributed by atoms with Gasteiger partial charge in [-0.1, -0.05) is 42.1 Å². The number of anilines is 1. The van der Waals surface area contributed by atoms with Crippen LogP contribution in [0.4, 0.5) is 5.69 Å². The lowest BCUT2D eigenvalue weighted by atomic mass is 10.1. The molecule has 3 heterocycles. The van der Waals surface area contributed by atoms with Crippen molar-refractivity contribution in [3.05, 3.63) is 101 Å². The van der Waals surface area contributed by atoms with E-state index in [2.05, 4.69) is 29.9 Å². The summed E-state index contributed by atoms with van der Waals surface area (Å²) in [5.41, 5.74) is 5.33. The van der Waals surface area contributed by atoms with Crippen molar-refractivity contribution in [2.24, 2.45) is 0 Å². The Bertz CT molecular complexity index is 1500. The first kappa shape index (κ1) is 22.8. The van der Waals surface area contributed by atoms with Gasteiger partial charge in [-0.15, -0.1) is 5.10 Å². The van der Waals surface area contributed by atoms with Gasteiger partial charge in [0.15, 0.2) is 0 Å². The van der Waals surface area contributed by atoms with Crippen molar-refractivity contribution in [1.82, 2.24) is 29.1 Å². The molecule has 2 aromatic carbocycles. The summed E-state index contributed by atoms with van der Waals surface area (Å²) in [5, 5.41) is 8.20. The number of benzene rings is 2. The molecule has 0 aliphatic heterocycles. The van der Waals surface area contributed by atoms with Crippen molar-refractivity contribution in [3.8, 4) is 0 Å². The molecule has 5 rings (SSSR count). The first-order valence-corrected chi connectivity index (χ1v) is 12.2. The van der Waals surface area contributed by atoms with Crippen molar-refractivity contribution in [3.63, 3.8) is 0 Å². The number of nitrogens with one attached hydrogen (secondary N) is 1. The van der Waals surface area contributed by atoms with E-state index in [1.54, 1.807) is 10.7 Å². The van der Waals surface area contributed by atoms with Gasteiger partial charge in [0.25, 0.3) is 11.7 Å². The van der Waals surface area contributed by atoms with Gasteiger partial charge in [-0.2, -0.15) is 4.98 Å². The monoisotopic (exact) mass is 483 g/mol. The van der Waals surface area contributed by atoms with Gasteiger partial charge in [0.05, 0.1) is 0 Å². The maximum absolute atomic E-state index is 13.1. The van der Waals surface area contributed by atoms with Crippen molar-refractivity contribution in [2.45, 2.75) is 38.2 Å². The fourth-order valence-corrected chi connectivity index (χ4v) is 4.70. The van der Waals surface area contributed by atoms with Crippen LogP contribution in [-0.2, 0) is 12.3 Å². The molecule has 35 heavy (non-hydrogen) atoms. The van der Waals surface area contributed by atoms with Crippen LogP contribution in [0, 0.1) is 20.8 Å². The number of carbonyl (C=O) groups excluding carboxylic acids is 1. The molecule has 0 saturated heterocycles. The number of aryl methyl sites for hydroxylation is 3. The number of imidazole rings is 1. The fraction of sp³-hybridized carbons (Fsp3) is 0.192. The summed E-state index contributed by atoms with van der Waals surface area (Å²) in [6, 6.07) is 17.5. The topological polar surface area (TPSA) is 90.0 Å². The smallest absolute Gasteiger partial charge is 0.255 e. The zero-order valence-electron chi connectivity index (χ0n) is 19.8. The molecule has 0 spiro atoms. The third-order valence-electron chi connectivity index (χ3n) is 5.71. The van der Waals surface area contributed by atoms with Crippen LogP contribution in [0.3, 0.4) is 0 Å². The summed E-state index contributed by atoms with van der Waals surface area (Å²) in [5.74, 6) is 1.98. The molecular weight excluding hydrogens is 458 g/mol. The van der Waals surface area contributed by atoms with Gasteiger partial charge in [0.1, 0.15) is 5.82 Å². The molecule has 0 fully saturated rings. The number of carbonyl (C=O) groups is 1. The first-order chi connectivity index (χ1) is 17.0. The SMILES string of the molecule is Cc1cc(C)n2nc(SCc3ccccc3C(=O)Nc3ccc(Cn4ccnc4C)cc3)nc2n1. The zero-order valence-corrected chi connectivity index (χ0v) is 20.6. The van der Waals surface area contributed by atoms with E-state index in [1.807, 2.05) is 81.6 Å². The maximum Gasteiger partial charge on any atom is 0.255 e. The van der Waals surface area contributed by atoms with Crippen molar-refractivity contribution >= 4 is 29.1 Å². The van der Waals surface area contributed by atoms with Gasteiger partial charge in [-0.3, -0.25) is 4.79 Å². The number of amides is 1. The zero-order chi connectivity index (χ0) is 24.4. The molecule has 0 aliphatic rings. The predicted molar refractivity (Wildman–Crippen MR) is 137 cm³/mol. The second-order valence-corrected chi connectivity index (χ2v) is 9.29. The molecule has 0 atom stereocenters. The molecular formula is C26H25N7OS. The van der Waals surface area contributed by atoms with E-state index in [4.69, 9.17) is 0 Å². The third-order valence-corrected chi connectivity index (χ3v) is 6.59. The van der Waals surface area contributed by atoms with E-state index in [1.165, 1.54) is 11.8 Å². The highest BCUT2D eigenvalue weighted by molar-refractivity contribution is 7.98. The van der Waals surface area contributed by atoms with E-state index in [9.17, 15) is 4.79 Å². The standard InChI is InChI=1S/C26H25N7OS/c1-17-14-18(2)33-25(28-17)30-26(31-33)35-16-21-6-4-5-7-23(21)24(34)29-22-10-8-20(9-11-22)15-32-13-12-27-19(32)3/h4-14H,15-16H2,1-3H3,(H,29,34). The Morgan fingerprint density at radius 2 is 1.83 bits per heavy atom. The average Bonchev–Trinajstić information content (AvgIpc) is 3.45. The average molecular weight is 484 g/mol. The number of nitrogens with zero attached hydrogens (tertiary/aromatic N) is 6. The minimum absolute atomic E-state index is 0.143. The molecule has 1 N–H and O–H groups in total. The van der Waals surface area contributed by atoms with Crippen LogP contribution in [-0.4, -0.2) is 35.0 Å². The van der Waals surface area contributed by atoms with E-state index >= 15 is 0 Å². The van der Waals surface area contributed by atoms with Crippen LogP contribution >= 0.6 is 11.8 Å². The molecule has 3 aromatic heterocycles. The van der Waals surface area contributed by atoms with E-state index in [-0.39, 0.29) is 5.91 Å². The van der Waals surface area contributed by atoms with Gasteiger partial charge < -0.3 is 9.88 Å². The van der Waals surface area contributed by atoms with Crippen LogP contribution in [0.2, 0.25) is 0 Å². The third kappa shape index (κ3) is 5.09. The number of thioether (sulfide) groups is 1. The number of aromatic nitrogens is 6. The van der Waals surface area contributed by atoms with Crippen LogP contribution in [0.25, 0.3) is 5.78 Å². The Labute approximate surface area is 207 Å². The van der Waals surface area contributed by atoms with Gasteiger partial charge in [0, 0.05) is 47.3 Å². The number of fused-ring (bicyclic) bond motifs is 1. The summed E-state index contributed by atoms with van der Waals surface area (Å²) in [4.78, 5) is 26.3. The molecule has 176 valence electrons. The first-order valence-electron chi connectivity index (χ1n) is 11.3. The van der Waals surface area contributed by atoms with Gasteiger partial charge >= 0.3 is 0 Å². The van der Waals surface area contributed by atoms with E-state index in [0.717, 1.165) is 40.6 Å². The van der Waals surface area contributed by atoms with Crippen LogP contribution in [0.5, 0.6) is 0 Å². The van der Waals surface area contributed by atoms with Crippen molar-refractivity contribution in [2.75, 3.05) is 5.32 Å². The van der Waals surface area contributed by atoms with Gasteiger partial charge in [-0.05, 0) is 56.2 Å². The molecule has 8 nitrogen and oxygen atoms in total. The Morgan fingerprint density at radius 1 is 1.03 bits per heavy atom. The lowest BCUT2D eigenvalue weighted by Gasteiger charge is -2.11. The Balaban J connectivity index is 1.26. The Morgan fingerprint density at radius 3 is 2.60 bits per heavy atom. The predicted octanol–water partition coefficient (Wildman–Crippen LogP) is 4.84. The number of hydrogen-bond acceptors (Lipinski definition) is 6. The summed E-state index contributed by atoms with van der Waals surface area (Å²) in [7, 11) is 0. The quantitative estimate of drug-likeness (QED) is 0.333. The van der Waals surface area contributed by atoms with Crippen LogP contribution in [0.15, 0.2) is 72.1 Å². The second-order valence-electron chi connectivity index (χ2n) is 8.34. The fourth-order valence-electron chi connectivity index (χ4n) is 3.88. The molecule has 0 bridgehead atoms. The van der Waals surface area contributed by atoms with E-state index in [0.29, 0.717) is 22.3 Å².